The fourth-order valence-corrected chi connectivity index (χ4v) is 6.65. The first-order valence-corrected chi connectivity index (χ1v) is 10.8. The molecular weight excluding hydrogens is 357 g/mol. The van der Waals surface area contributed by atoms with Crippen molar-refractivity contribution >= 4 is 5.97 Å². The first-order valence-electron chi connectivity index (χ1n) is 10.8. The zero-order valence-corrected chi connectivity index (χ0v) is 16.9. The van der Waals surface area contributed by atoms with Crippen LogP contribution in [0.1, 0.15) is 66.9 Å². The minimum Gasteiger partial charge on any atom is -0.465 e. The summed E-state index contributed by atoms with van der Waals surface area (Å²) in [6.07, 6.45) is 8.36. The molecule has 0 aromatic heterocycles. The van der Waals surface area contributed by atoms with Gasteiger partial charge in [0.15, 0.2) is 0 Å². The van der Waals surface area contributed by atoms with Gasteiger partial charge in [-0.2, -0.15) is 0 Å². The predicted octanol–water partition coefficient (Wildman–Crippen LogP) is 4.10. The highest BCUT2D eigenvalue weighted by Gasteiger charge is 2.53. The van der Waals surface area contributed by atoms with Gasteiger partial charge >= 0.3 is 5.97 Å². The Hall–Kier alpha value is -1.46. The number of methoxy groups -OCH3 is 1. The molecule has 4 fully saturated rings. The number of carbonyl (C=O) groups excluding carboxylic acids is 1. The predicted molar refractivity (Wildman–Crippen MR) is 104 cm³/mol. The molecule has 1 aromatic carbocycles. The number of rotatable bonds is 4. The molecule has 0 N–H and O–H groups in total. The second kappa shape index (κ2) is 6.81. The topological polar surface area (TPSA) is 38.8 Å². The van der Waals surface area contributed by atoms with E-state index in [1.165, 1.54) is 45.3 Å². The maximum Gasteiger partial charge on any atom is 0.337 e. The van der Waals surface area contributed by atoms with Crippen molar-refractivity contribution < 1.29 is 18.7 Å². The lowest BCUT2D eigenvalue weighted by Gasteiger charge is -2.58. The molecule has 5 aliphatic rings. The van der Waals surface area contributed by atoms with Crippen molar-refractivity contribution in [1.82, 2.24) is 4.90 Å². The van der Waals surface area contributed by atoms with Gasteiger partial charge in [0.25, 0.3) is 0 Å². The number of hydrogen-bond donors (Lipinski definition) is 0. The van der Waals surface area contributed by atoms with Crippen LogP contribution in [0, 0.1) is 17.7 Å². The van der Waals surface area contributed by atoms with Crippen LogP contribution in [0.4, 0.5) is 4.39 Å². The highest BCUT2D eigenvalue weighted by Crippen LogP contribution is 2.53. The largest absolute Gasteiger partial charge is 0.465 e. The number of hydrogen-bond acceptors (Lipinski definition) is 4. The third kappa shape index (κ3) is 3.07. The SMILES string of the molecule is CC[C@H]1Cc2c(F)cc(C(=O)OC)cc2CN1CC12CC3CC(CC(C3)O1)C2. The van der Waals surface area contributed by atoms with E-state index in [9.17, 15) is 9.18 Å². The van der Waals surface area contributed by atoms with Gasteiger partial charge in [-0.05, 0) is 80.0 Å². The van der Waals surface area contributed by atoms with Crippen LogP contribution in [0.15, 0.2) is 12.1 Å². The van der Waals surface area contributed by atoms with Crippen LogP contribution in [0.25, 0.3) is 0 Å². The van der Waals surface area contributed by atoms with Crippen molar-refractivity contribution in [3.63, 3.8) is 0 Å². The first-order chi connectivity index (χ1) is 13.5. The molecule has 0 radical (unpaired) electrons. The van der Waals surface area contributed by atoms with E-state index in [1.807, 2.05) is 6.07 Å². The summed E-state index contributed by atoms with van der Waals surface area (Å²) in [5.41, 5.74) is 1.98. The van der Waals surface area contributed by atoms with E-state index in [-0.39, 0.29) is 11.4 Å². The van der Waals surface area contributed by atoms with Crippen LogP contribution in [0.5, 0.6) is 0 Å². The average molecular weight is 387 g/mol. The summed E-state index contributed by atoms with van der Waals surface area (Å²) in [5, 5.41) is 0. The summed E-state index contributed by atoms with van der Waals surface area (Å²) < 4.78 is 26.1. The summed E-state index contributed by atoms with van der Waals surface area (Å²) in [6.45, 7) is 3.79. The lowest BCUT2D eigenvalue weighted by Crippen LogP contribution is -2.60. The molecule has 2 saturated carbocycles. The van der Waals surface area contributed by atoms with Gasteiger partial charge in [-0.25, -0.2) is 9.18 Å². The molecule has 3 heterocycles. The fraction of sp³-hybridized carbons (Fsp3) is 0.696. The van der Waals surface area contributed by atoms with Crippen LogP contribution in [-0.4, -0.2) is 42.3 Å². The lowest BCUT2D eigenvalue weighted by molar-refractivity contribution is -0.229. The Balaban J connectivity index is 1.42. The first kappa shape index (κ1) is 18.6. The molecule has 28 heavy (non-hydrogen) atoms. The third-order valence-electron chi connectivity index (χ3n) is 7.60. The van der Waals surface area contributed by atoms with Gasteiger partial charge in [0, 0.05) is 19.1 Å². The van der Waals surface area contributed by atoms with Crippen LogP contribution < -0.4 is 0 Å². The molecule has 5 heteroatoms. The molecule has 3 atom stereocenters. The van der Waals surface area contributed by atoms with Crippen molar-refractivity contribution in [2.45, 2.75) is 76.2 Å². The number of fused-ring (bicyclic) bond motifs is 1. The minimum atomic E-state index is -0.477. The van der Waals surface area contributed by atoms with Crippen molar-refractivity contribution in [3.05, 3.63) is 34.6 Å². The number of benzene rings is 1. The number of esters is 1. The van der Waals surface area contributed by atoms with Crippen LogP contribution in [-0.2, 0) is 22.4 Å². The molecule has 0 spiro atoms. The van der Waals surface area contributed by atoms with E-state index in [1.54, 1.807) is 0 Å². The van der Waals surface area contributed by atoms with Gasteiger partial charge in [-0.1, -0.05) is 6.92 Å². The van der Waals surface area contributed by atoms with E-state index in [0.29, 0.717) is 30.7 Å². The molecular formula is C23H30FNO3. The van der Waals surface area contributed by atoms with Gasteiger partial charge in [0.2, 0.25) is 0 Å². The van der Waals surface area contributed by atoms with Crippen molar-refractivity contribution in [2.24, 2.45) is 11.8 Å². The molecule has 152 valence electrons. The molecule has 2 unspecified atom stereocenters. The highest BCUT2D eigenvalue weighted by molar-refractivity contribution is 5.89. The van der Waals surface area contributed by atoms with Gasteiger partial charge < -0.3 is 9.47 Å². The number of ether oxygens (including phenoxy) is 2. The van der Waals surface area contributed by atoms with E-state index in [4.69, 9.17) is 9.47 Å². The Labute approximate surface area is 166 Å². The normalized spacial score (nSPS) is 36.4. The van der Waals surface area contributed by atoms with E-state index in [0.717, 1.165) is 35.9 Å². The van der Waals surface area contributed by atoms with Gasteiger partial charge in [-0.3, -0.25) is 4.90 Å². The quantitative estimate of drug-likeness (QED) is 0.730. The fourth-order valence-electron chi connectivity index (χ4n) is 6.65. The number of carbonyl (C=O) groups is 1. The number of halogens is 1. The summed E-state index contributed by atoms with van der Waals surface area (Å²) in [7, 11) is 1.34. The molecule has 2 saturated heterocycles. The molecule has 3 aliphatic heterocycles. The summed E-state index contributed by atoms with van der Waals surface area (Å²) >= 11 is 0. The molecule has 2 aliphatic carbocycles. The Morgan fingerprint density at radius 1 is 1.29 bits per heavy atom. The zero-order chi connectivity index (χ0) is 19.5. The second-order valence-corrected chi connectivity index (χ2v) is 9.53. The Morgan fingerprint density at radius 2 is 2.04 bits per heavy atom. The lowest BCUT2D eigenvalue weighted by atomic mass is 9.62. The summed E-state index contributed by atoms with van der Waals surface area (Å²) in [4.78, 5) is 14.4. The van der Waals surface area contributed by atoms with Crippen LogP contribution in [0.2, 0.25) is 0 Å². The maximum absolute atomic E-state index is 14.7. The van der Waals surface area contributed by atoms with Crippen molar-refractivity contribution in [3.8, 4) is 0 Å². The monoisotopic (exact) mass is 387 g/mol. The Morgan fingerprint density at radius 3 is 2.68 bits per heavy atom. The highest BCUT2D eigenvalue weighted by atomic mass is 19.1. The van der Waals surface area contributed by atoms with E-state index < -0.39 is 5.97 Å². The molecule has 6 rings (SSSR count). The molecule has 4 nitrogen and oxygen atoms in total. The molecule has 0 amide bonds. The van der Waals surface area contributed by atoms with Gasteiger partial charge in [0.05, 0.1) is 24.4 Å². The Kier molecular flexibility index (Phi) is 4.51. The van der Waals surface area contributed by atoms with Gasteiger partial charge in [-0.15, -0.1) is 0 Å². The third-order valence-corrected chi connectivity index (χ3v) is 7.60. The summed E-state index contributed by atoms with van der Waals surface area (Å²) in [5.74, 6) is 0.899. The molecule has 4 bridgehead atoms. The second-order valence-electron chi connectivity index (χ2n) is 9.53. The smallest absolute Gasteiger partial charge is 0.337 e. The maximum atomic E-state index is 14.7. The van der Waals surface area contributed by atoms with Gasteiger partial charge in [0.1, 0.15) is 5.82 Å². The van der Waals surface area contributed by atoms with Crippen molar-refractivity contribution in [2.75, 3.05) is 13.7 Å². The average Bonchev–Trinajstić information content (AvgIpc) is 2.65. The zero-order valence-electron chi connectivity index (χ0n) is 16.9. The van der Waals surface area contributed by atoms with Crippen LogP contribution >= 0.6 is 0 Å². The Bertz CT molecular complexity index is 757. The number of nitrogens with zero attached hydrogens (tertiary/aromatic N) is 1. The minimum absolute atomic E-state index is 0.0157. The van der Waals surface area contributed by atoms with Crippen LogP contribution in [0.3, 0.4) is 0 Å². The van der Waals surface area contributed by atoms with E-state index in [2.05, 4.69) is 11.8 Å². The van der Waals surface area contributed by atoms with Crippen molar-refractivity contribution in [1.29, 1.82) is 0 Å². The standard InChI is InChI=1S/C23H30FNO3/c1-3-18-9-20-17(7-16(8-21(20)24)22(26)27-2)12-25(18)13-23-10-14-4-15(11-23)6-19(5-14)28-23/h7-8,14-15,18-19H,3-6,9-13H2,1-2H3/t14?,15?,18-,19?,23?/m0/s1. The van der Waals surface area contributed by atoms with E-state index >= 15 is 0 Å². The molecule has 1 aromatic rings. The summed E-state index contributed by atoms with van der Waals surface area (Å²) in [6, 6.07) is 3.47.